The number of amides is 1. The maximum absolute atomic E-state index is 11.8. The number of hydrogen-bond donors (Lipinski definition) is 2. The summed E-state index contributed by atoms with van der Waals surface area (Å²) in [6, 6.07) is 5.09. The lowest BCUT2D eigenvalue weighted by Gasteiger charge is -2.14. The van der Waals surface area contributed by atoms with E-state index in [0.29, 0.717) is 23.0 Å². The molecule has 1 fully saturated rings. The van der Waals surface area contributed by atoms with Crippen molar-refractivity contribution in [2.24, 2.45) is 0 Å². The van der Waals surface area contributed by atoms with Crippen LogP contribution in [-0.4, -0.2) is 48.8 Å². The van der Waals surface area contributed by atoms with Crippen molar-refractivity contribution in [2.75, 3.05) is 32.1 Å². The molecular formula is C13H17ClN2O3. The molecule has 19 heavy (non-hydrogen) atoms. The molecule has 2 N–H and O–H groups in total. The molecule has 6 heteroatoms. The number of anilines is 1. The van der Waals surface area contributed by atoms with E-state index in [2.05, 4.69) is 5.32 Å². The molecule has 1 saturated heterocycles. The highest BCUT2D eigenvalue weighted by Gasteiger charge is 2.21. The maximum atomic E-state index is 11.8. The minimum absolute atomic E-state index is 0.115. The fourth-order valence-electron chi connectivity index (χ4n) is 2.10. The Morgan fingerprint density at radius 2 is 2.42 bits per heavy atom. The number of halogens is 1. The van der Waals surface area contributed by atoms with E-state index in [9.17, 15) is 9.90 Å². The van der Waals surface area contributed by atoms with Crippen LogP contribution in [-0.2, 0) is 4.79 Å². The van der Waals surface area contributed by atoms with Gasteiger partial charge in [-0.05, 0) is 24.6 Å². The topological polar surface area (TPSA) is 61.8 Å². The van der Waals surface area contributed by atoms with Crippen LogP contribution in [0.3, 0.4) is 0 Å². The van der Waals surface area contributed by atoms with Crippen LogP contribution in [0.2, 0.25) is 5.02 Å². The van der Waals surface area contributed by atoms with Crippen LogP contribution in [0.1, 0.15) is 6.42 Å². The largest absolute Gasteiger partial charge is 0.495 e. The summed E-state index contributed by atoms with van der Waals surface area (Å²) in [7, 11) is 1.54. The Bertz CT molecular complexity index is 467. The van der Waals surface area contributed by atoms with Gasteiger partial charge in [-0.2, -0.15) is 0 Å². The van der Waals surface area contributed by atoms with E-state index >= 15 is 0 Å². The molecule has 2 rings (SSSR count). The van der Waals surface area contributed by atoms with Crippen LogP contribution < -0.4 is 10.1 Å². The minimum atomic E-state index is -0.316. The van der Waals surface area contributed by atoms with E-state index in [-0.39, 0.29) is 18.6 Å². The number of nitrogens with one attached hydrogen (secondary N) is 1. The third-order valence-electron chi connectivity index (χ3n) is 3.05. The van der Waals surface area contributed by atoms with Gasteiger partial charge in [-0.25, -0.2) is 0 Å². The smallest absolute Gasteiger partial charge is 0.238 e. The number of methoxy groups -OCH3 is 1. The fourth-order valence-corrected chi connectivity index (χ4v) is 2.36. The summed E-state index contributed by atoms with van der Waals surface area (Å²) in [4.78, 5) is 13.8. The van der Waals surface area contributed by atoms with Gasteiger partial charge < -0.3 is 15.2 Å². The molecule has 1 aliphatic rings. The second-order valence-corrected chi connectivity index (χ2v) is 4.98. The van der Waals surface area contributed by atoms with Gasteiger partial charge in [0.25, 0.3) is 0 Å². The molecule has 0 radical (unpaired) electrons. The molecule has 0 unspecified atom stereocenters. The molecule has 1 aromatic rings. The van der Waals surface area contributed by atoms with Gasteiger partial charge in [0.1, 0.15) is 5.75 Å². The van der Waals surface area contributed by atoms with Gasteiger partial charge in [0, 0.05) is 18.8 Å². The predicted octanol–water partition coefficient (Wildman–Crippen LogP) is 1.35. The van der Waals surface area contributed by atoms with E-state index < -0.39 is 0 Å². The predicted molar refractivity (Wildman–Crippen MR) is 73.7 cm³/mol. The number of carbonyl (C=O) groups excluding carboxylic acids is 1. The zero-order valence-electron chi connectivity index (χ0n) is 10.7. The molecule has 0 spiro atoms. The van der Waals surface area contributed by atoms with Crippen molar-refractivity contribution in [3.05, 3.63) is 23.2 Å². The quantitative estimate of drug-likeness (QED) is 0.876. The lowest BCUT2D eigenvalue weighted by Crippen LogP contribution is -2.32. The molecule has 0 saturated carbocycles. The zero-order chi connectivity index (χ0) is 13.8. The number of hydrogen-bond acceptors (Lipinski definition) is 4. The number of rotatable bonds is 4. The van der Waals surface area contributed by atoms with Crippen molar-refractivity contribution in [3.63, 3.8) is 0 Å². The summed E-state index contributed by atoms with van der Waals surface area (Å²) in [6.45, 7) is 1.58. The molecule has 0 aliphatic carbocycles. The Morgan fingerprint density at radius 3 is 3.00 bits per heavy atom. The Morgan fingerprint density at radius 1 is 1.63 bits per heavy atom. The number of likely N-dealkylation sites (tertiary alicyclic amines) is 1. The van der Waals surface area contributed by atoms with Crippen LogP contribution in [0.15, 0.2) is 18.2 Å². The van der Waals surface area contributed by atoms with Gasteiger partial charge in [0.15, 0.2) is 0 Å². The summed E-state index contributed by atoms with van der Waals surface area (Å²) in [6.07, 6.45) is 0.407. The molecular weight excluding hydrogens is 268 g/mol. The van der Waals surface area contributed by atoms with Crippen molar-refractivity contribution in [2.45, 2.75) is 12.5 Å². The third kappa shape index (κ3) is 3.83. The Kier molecular flexibility index (Phi) is 4.63. The van der Waals surface area contributed by atoms with E-state index in [4.69, 9.17) is 16.3 Å². The van der Waals surface area contributed by atoms with E-state index in [0.717, 1.165) is 13.0 Å². The van der Waals surface area contributed by atoms with Gasteiger partial charge in [-0.3, -0.25) is 9.69 Å². The maximum Gasteiger partial charge on any atom is 0.238 e. The van der Waals surface area contributed by atoms with Crippen molar-refractivity contribution in [1.29, 1.82) is 0 Å². The van der Waals surface area contributed by atoms with Crippen molar-refractivity contribution < 1.29 is 14.6 Å². The highest BCUT2D eigenvalue weighted by atomic mass is 35.5. The van der Waals surface area contributed by atoms with Crippen molar-refractivity contribution >= 4 is 23.2 Å². The monoisotopic (exact) mass is 284 g/mol. The fraction of sp³-hybridized carbons (Fsp3) is 0.462. The van der Waals surface area contributed by atoms with E-state index in [1.807, 2.05) is 4.90 Å². The molecule has 1 aliphatic heterocycles. The van der Waals surface area contributed by atoms with Crippen LogP contribution in [0.25, 0.3) is 0 Å². The summed E-state index contributed by atoms with van der Waals surface area (Å²) >= 11 is 5.98. The first-order valence-electron chi connectivity index (χ1n) is 6.12. The summed E-state index contributed by atoms with van der Waals surface area (Å²) in [5, 5.41) is 12.6. The number of aliphatic hydroxyl groups excluding tert-OH is 1. The zero-order valence-corrected chi connectivity index (χ0v) is 11.5. The van der Waals surface area contributed by atoms with Crippen molar-refractivity contribution in [3.8, 4) is 5.75 Å². The molecule has 1 atom stereocenters. The number of aliphatic hydroxyl groups is 1. The minimum Gasteiger partial charge on any atom is -0.495 e. The highest BCUT2D eigenvalue weighted by molar-refractivity contribution is 6.32. The first-order valence-corrected chi connectivity index (χ1v) is 6.50. The lowest BCUT2D eigenvalue weighted by molar-refractivity contribution is -0.117. The Labute approximate surface area is 117 Å². The molecule has 0 aromatic heterocycles. The Balaban J connectivity index is 1.90. The molecule has 104 valence electrons. The number of carbonyl (C=O) groups is 1. The summed E-state index contributed by atoms with van der Waals surface area (Å²) in [5.41, 5.74) is 0.635. The number of β-amino-alcohol motifs (C(OH)–C–C–N with tert-alkyl or cyclic N) is 1. The number of benzene rings is 1. The Hall–Kier alpha value is -1.30. The van der Waals surface area contributed by atoms with Crippen LogP contribution in [0.4, 0.5) is 5.69 Å². The van der Waals surface area contributed by atoms with E-state index in [1.165, 1.54) is 7.11 Å². The summed E-state index contributed by atoms with van der Waals surface area (Å²) in [5.74, 6) is 0.456. The first kappa shape index (κ1) is 14.1. The standard InChI is InChI=1S/C13H17ClN2O3/c1-19-12-3-2-9(6-11(12)14)15-13(18)8-16-5-4-10(17)7-16/h2-3,6,10,17H,4-5,7-8H2,1H3,(H,15,18)/t10-/m0/s1. The lowest BCUT2D eigenvalue weighted by atomic mass is 10.3. The molecule has 0 bridgehead atoms. The van der Waals surface area contributed by atoms with Gasteiger partial charge in [-0.1, -0.05) is 11.6 Å². The molecule has 5 nitrogen and oxygen atoms in total. The number of ether oxygens (including phenoxy) is 1. The first-order chi connectivity index (χ1) is 9.08. The SMILES string of the molecule is COc1ccc(NC(=O)CN2CC[C@H](O)C2)cc1Cl. The molecule has 1 heterocycles. The van der Waals surface area contributed by atoms with Crippen LogP contribution in [0.5, 0.6) is 5.75 Å². The molecule has 1 amide bonds. The molecule has 1 aromatic carbocycles. The highest BCUT2D eigenvalue weighted by Crippen LogP contribution is 2.27. The van der Waals surface area contributed by atoms with E-state index in [1.54, 1.807) is 18.2 Å². The third-order valence-corrected chi connectivity index (χ3v) is 3.35. The van der Waals surface area contributed by atoms with Gasteiger partial charge in [0.2, 0.25) is 5.91 Å². The van der Waals surface area contributed by atoms with Gasteiger partial charge in [0.05, 0.1) is 24.8 Å². The van der Waals surface area contributed by atoms with Gasteiger partial charge >= 0.3 is 0 Å². The second-order valence-electron chi connectivity index (χ2n) is 4.58. The summed E-state index contributed by atoms with van der Waals surface area (Å²) < 4.78 is 5.04. The average Bonchev–Trinajstić information content (AvgIpc) is 2.74. The second kappa shape index (κ2) is 6.23. The van der Waals surface area contributed by atoms with Crippen LogP contribution >= 0.6 is 11.6 Å². The van der Waals surface area contributed by atoms with Crippen LogP contribution in [0, 0.1) is 0 Å². The van der Waals surface area contributed by atoms with Gasteiger partial charge in [-0.15, -0.1) is 0 Å². The average molecular weight is 285 g/mol. The van der Waals surface area contributed by atoms with Crippen molar-refractivity contribution in [1.82, 2.24) is 4.90 Å². The number of nitrogens with zero attached hydrogens (tertiary/aromatic N) is 1. The normalized spacial score (nSPS) is 19.4.